The maximum absolute atomic E-state index is 11.3. The molecule has 0 atom stereocenters. The highest BCUT2D eigenvalue weighted by molar-refractivity contribution is 5.94. The van der Waals surface area contributed by atoms with Gasteiger partial charge in [-0.05, 0) is 42.7 Å². The Kier molecular flexibility index (Phi) is 2.71. The van der Waals surface area contributed by atoms with Crippen molar-refractivity contribution in [2.24, 2.45) is 0 Å². The predicted molar refractivity (Wildman–Crippen MR) is 78.5 cm³/mol. The van der Waals surface area contributed by atoms with E-state index in [-0.39, 0.29) is 5.78 Å². The van der Waals surface area contributed by atoms with Crippen molar-refractivity contribution < 1.29 is 4.79 Å². The van der Waals surface area contributed by atoms with Gasteiger partial charge in [-0.2, -0.15) is 0 Å². The zero-order chi connectivity index (χ0) is 13.4. The molecule has 0 aliphatic carbocycles. The van der Waals surface area contributed by atoms with E-state index in [4.69, 9.17) is 0 Å². The second kappa shape index (κ2) is 4.39. The Bertz CT molecular complexity index is 751. The Balaban J connectivity index is 2.08. The highest BCUT2D eigenvalue weighted by Crippen LogP contribution is 2.26. The van der Waals surface area contributed by atoms with Crippen LogP contribution in [0, 0.1) is 6.92 Å². The lowest BCUT2D eigenvalue weighted by atomic mass is 10.0. The quantitative estimate of drug-likeness (QED) is 0.673. The first-order valence-corrected chi connectivity index (χ1v) is 6.34. The molecule has 0 saturated heterocycles. The summed E-state index contributed by atoms with van der Waals surface area (Å²) in [6.45, 7) is 3.69. The molecule has 0 spiro atoms. The molecule has 1 N–H and O–H groups in total. The number of carbonyl (C=O) groups excluding carboxylic acids is 1. The Morgan fingerprint density at radius 1 is 1.00 bits per heavy atom. The first-order chi connectivity index (χ1) is 9.15. The third kappa shape index (κ3) is 2.06. The van der Waals surface area contributed by atoms with Crippen molar-refractivity contribution in [3.63, 3.8) is 0 Å². The summed E-state index contributed by atoms with van der Waals surface area (Å²) in [6, 6.07) is 14.1. The first kappa shape index (κ1) is 11.7. The molecule has 0 fully saturated rings. The van der Waals surface area contributed by atoms with Gasteiger partial charge in [-0.3, -0.25) is 4.79 Å². The topological polar surface area (TPSA) is 32.9 Å². The standard InChI is InChI=1S/C17H15NO/c1-11-10-18-17-8-7-15(9-16(11)17)14-5-3-13(4-6-14)12(2)19/h3-10,18H,1-2H3. The van der Waals surface area contributed by atoms with Crippen LogP contribution in [-0.2, 0) is 0 Å². The number of hydrogen-bond acceptors (Lipinski definition) is 1. The second-order valence-electron chi connectivity index (χ2n) is 4.87. The molecule has 2 aromatic carbocycles. The summed E-state index contributed by atoms with van der Waals surface area (Å²) in [5.74, 6) is 0.100. The molecular formula is C17H15NO. The molecule has 0 aliphatic rings. The second-order valence-corrected chi connectivity index (χ2v) is 4.87. The van der Waals surface area contributed by atoms with Gasteiger partial charge in [-0.1, -0.05) is 30.3 Å². The number of benzene rings is 2. The largest absolute Gasteiger partial charge is 0.361 e. The fraction of sp³-hybridized carbons (Fsp3) is 0.118. The Labute approximate surface area is 112 Å². The summed E-state index contributed by atoms with van der Waals surface area (Å²) in [5, 5.41) is 1.24. The van der Waals surface area contributed by atoms with Gasteiger partial charge < -0.3 is 4.98 Å². The minimum absolute atomic E-state index is 0.100. The van der Waals surface area contributed by atoms with Crippen molar-refractivity contribution in [2.45, 2.75) is 13.8 Å². The maximum atomic E-state index is 11.3. The number of rotatable bonds is 2. The average molecular weight is 249 g/mol. The molecule has 0 bridgehead atoms. The van der Waals surface area contributed by atoms with E-state index in [2.05, 4.69) is 30.1 Å². The number of hydrogen-bond donors (Lipinski definition) is 1. The molecule has 0 unspecified atom stereocenters. The van der Waals surface area contributed by atoms with Crippen molar-refractivity contribution >= 4 is 16.7 Å². The van der Waals surface area contributed by atoms with E-state index in [1.165, 1.54) is 16.5 Å². The summed E-state index contributed by atoms with van der Waals surface area (Å²) in [6.07, 6.45) is 2.02. The fourth-order valence-corrected chi connectivity index (χ4v) is 2.34. The van der Waals surface area contributed by atoms with Crippen LogP contribution in [0.2, 0.25) is 0 Å². The van der Waals surface area contributed by atoms with Gasteiger partial charge in [0.05, 0.1) is 0 Å². The summed E-state index contributed by atoms with van der Waals surface area (Å²) in [7, 11) is 0. The molecule has 1 aromatic heterocycles. The Hall–Kier alpha value is -2.35. The van der Waals surface area contributed by atoms with Gasteiger partial charge in [-0.25, -0.2) is 0 Å². The fourth-order valence-electron chi connectivity index (χ4n) is 2.34. The molecule has 0 radical (unpaired) electrons. The van der Waals surface area contributed by atoms with Crippen molar-refractivity contribution in [1.82, 2.24) is 4.98 Å². The normalized spacial score (nSPS) is 10.8. The van der Waals surface area contributed by atoms with Gasteiger partial charge in [0, 0.05) is 22.7 Å². The van der Waals surface area contributed by atoms with Gasteiger partial charge in [0.25, 0.3) is 0 Å². The van der Waals surface area contributed by atoms with Crippen LogP contribution in [0.5, 0.6) is 0 Å². The molecule has 19 heavy (non-hydrogen) atoms. The lowest BCUT2D eigenvalue weighted by Gasteiger charge is -2.04. The van der Waals surface area contributed by atoms with Crippen molar-refractivity contribution in [1.29, 1.82) is 0 Å². The number of fused-ring (bicyclic) bond motifs is 1. The van der Waals surface area contributed by atoms with Gasteiger partial charge in [0.15, 0.2) is 5.78 Å². The highest BCUT2D eigenvalue weighted by atomic mass is 16.1. The van der Waals surface area contributed by atoms with Crippen LogP contribution in [0.25, 0.3) is 22.0 Å². The minimum Gasteiger partial charge on any atom is -0.361 e. The molecular weight excluding hydrogens is 234 g/mol. The van der Waals surface area contributed by atoms with E-state index in [1.54, 1.807) is 6.92 Å². The van der Waals surface area contributed by atoms with E-state index in [0.29, 0.717) is 0 Å². The number of carbonyl (C=O) groups is 1. The summed E-state index contributed by atoms with van der Waals surface area (Å²) in [5.41, 5.74) is 5.46. The molecule has 0 amide bonds. The lowest BCUT2D eigenvalue weighted by Crippen LogP contribution is -1.90. The Morgan fingerprint density at radius 2 is 1.68 bits per heavy atom. The average Bonchev–Trinajstić information content (AvgIpc) is 2.80. The zero-order valence-corrected chi connectivity index (χ0v) is 11.0. The van der Waals surface area contributed by atoms with Crippen LogP contribution in [0.15, 0.2) is 48.7 Å². The smallest absolute Gasteiger partial charge is 0.159 e. The van der Waals surface area contributed by atoms with Crippen LogP contribution in [0.1, 0.15) is 22.8 Å². The molecule has 94 valence electrons. The van der Waals surface area contributed by atoms with Crippen molar-refractivity contribution in [3.05, 3.63) is 59.8 Å². The number of aryl methyl sites for hydroxylation is 1. The summed E-state index contributed by atoms with van der Waals surface area (Å²) in [4.78, 5) is 14.5. The molecule has 1 heterocycles. The molecule has 0 saturated carbocycles. The number of aromatic amines is 1. The van der Waals surface area contributed by atoms with Gasteiger partial charge >= 0.3 is 0 Å². The first-order valence-electron chi connectivity index (χ1n) is 6.34. The van der Waals surface area contributed by atoms with Gasteiger partial charge in [0.2, 0.25) is 0 Å². The number of nitrogens with one attached hydrogen (secondary N) is 1. The lowest BCUT2D eigenvalue weighted by molar-refractivity contribution is 0.101. The zero-order valence-electron chi connectivity index (χ0n) is 11.0. The number of Topliss-reactive ketones (excluding diaryl/α,β-unsaturated/α-hetero) is 1. The highest BCUT2D eigenvalue weighted by Gasteiger charge is 2.04. The predicted octanol–water partition coefficient (Wildman–Crippen LogP) is 4.35. The molecule has 3 rings (SSSR count). The monoisotopic (exact) mass is 249 g/mol. The number of ketones is 1. The van der Waals surface area contributed by atoms with Crippen LogP contribution < -0.4 is 0 Å². The Morgan fingerprint density at radius 3 is 2.37 bits per heavy atom. The summed E-state index contributed by atoms with van der Waals surface area (Å²) < 4.78 is 0. The molecule has 2 nitrogen and oxygen atoms in total. The van der Waals surface area contributed by atoms with Crippen molar-refractivity contribution in [3.8, 4) is 11.1 Å². The van der Waals surface area contributed by atoms with Crippen molar-refractivity contribution in [2.75, 3.05) is 0 Å². The molecule has 3 aromatic rings. The van der Waals surface area contributed by atoms with Crippen LogP contribution >= 0.6 is 0 Å². The van der Waals surface area contributed by atoms with Crippen LogP contribution in [0.4, 0.5) is 0 Å². The van der Waals surface area contributed by atoms with E-state index >= 15 is 0 Å². The van der Waals surface area contributed by atoms with E-state index in [1.807, 2.05) is 30.5 Å². The number of aromatic nitrogens is 1. The van der Waals surface area contributed by atoms with E-state index < -0.39 is 0 Å². The number of H-pyrrole nitrogens is 1. The summed E-state index contributed by atoms with van der Waals surface area (Å²) >= 11 is 0. The van der Waals surface area contributed by atoms with E-state index in [0.717, 1.165) is 16.6 Å². The molecule has 2 heteroatoms. The van der Waals surface area contributed by atoms with E-state index in [9.17, 15) is 4.79 Å². The van der Waals surface area contributed by atoms with Gasteiger partial charge in [-0.15, -0.1) is 0 Å². The SMILES string of the molecule is CC(=O)c1ccc(-c2ccc3[nH]cc(C)c3c2)cc1. The minimum atomic E-state index is 0.100. The van der Waals surface area contributed by atoms with Crippen LogP contribution in [-0.4, -0.2) is 10.8 Å². The third-order valence-electron chi connectivity index (χ3n) is 3.51. The van der Waals surface area contributed by atoms with Crippen LogP contribution in [0.3, 0.4) is 0 Å². The maximum Gasteiger partial charge on any atom is 0.159 e. The van der Waals surface area contributed by atoms with Gasteiger partial charge in [0.1, 0.15) is 0 Å². The third-order valence-corrected chi connectivity index (χ3v) is 3.51. The molecule has 0 aliphatic heterocycles.